The van der Waals surface area contributed by atoms with Crippen molar-refractivity contribution in [2.45, 2.75) is 19.3 Å². The van der Waals surface area contributed by atoms with Gasteiger partial charge in [-0.15, -0.1) is 0 Å². The molecular weight excluding hydrogens is 238 g/mol. The highest BCUT2D eigenvalue weighted by Crippen LogP contribution is 2.31. The summed E-state index contributed by atoms with van der Waals surface area (Å²) in [6.07, 6.45) is 1.78. The number of hydrogen-bond acceptors (Lipinski definition) is 3. The van der Waals surface area contributed by atoms with Gasteiger partial charge in [-0.25, -0.2) is 4.79 Å². The fraction of sp³-hybridized carbons (Fsp3) is 0.308. The second-order valence-electron chi connectivity index (χ2n) is 3.86. The van der Waals surface area contributed by atoms with Gasteiger partial charge in [0, 0.05) is 0 Å². The van der Waals surface area contributed by atoms with Gasteiger partial charge >= 0.3 is 5.97 Å². The fourth-order valence-corrected chi connectivity index (χ4v) is 2.32. The van der Waals surface area contributed by atoms with E-state index in [9.17, 15) is 4.79 Å². The van der Waals surface area contributed by atoms with Crippen molar-refractivity contribution in [2.24, 2.45) is 0 Å². The Morgan fingerprint density at radius 1 is 1.53 bits per heavy atom. The van der Waals surface area contributed by atoms with Crippen LogP contribution in [0.5, 0.6) is 0 Å². The van der Waals surface area contributed by atoms with Gasteiger partial charge in [-0.1, -0.05) is 29.8 Å². The standard InChI is InChI=1S/C13H14ClNO2/c1-3-17-13(16)10-7-9-6-4-5-8(2)11(9)12(14)15-10/h4-7,12,15H,3H2,1-2H3. The first kappa shape index (κ1) is 12.0. The zero-order valence-corrected chi connectivity index (χ0v) is 10.5. The van der Waals surface area contributed by atoms with Crippen molar-refractivity contribution in [3.05, 3.63) is 40.6 Å². The lowest BCUT2D eigenvalue weighted by Crippen LogP contribution is -2.27. The molecule has 4 heteroatoms. The molecule has 90 valence electrons. The maximum Gasteiger partial charge on any atom is 0.354 e. The molecule has 1 heterocycles. The number of alkyl halides is 1. The third kappa shape index (κ3) is 2.29. The molecule has 0 saturated carbocycles. The summed E-state index contributed by atoms with van der Waals surface area (Å²) in [5.74, 6) is -0.370. The molecular formula is C13H14ClNO2. The molecule has 1 unspecified atom stereocenters. The summed E-state index contributed by atoms with van der Waals surface area (Å²) >= 11 is 6.23. The van der Waals surface area contributed by atoms with Gasteiger partial charge in [-0.2, -0.15) is 0 Å². The van der Waals surface area contributed by atoms with E-state index in [1.165, 1.54) is 0 Å². The molecule has 0 bridgehead atoms. The number of aryl methyl sites for hydroxylation is 1. The monoisotopic (exact) mass is 251 g/mol. The topological polar surface area (TPSA) is 38.3 Å². The van der Waals surface area contributed by atoms with Gasteiger partial charge in [0.15, 0.2) is 0 Å². The van der Waals surface area contributed by atoms with Crippen LogP contribution in [0.25, 0.3) is 6.08 Å². The van der Waals surface area contributed by atoms with Crippen molar-refractivity contribution < 1.29 is 9.53 Å². The van der Waals surface area contributed by atoms with E-state index in [1.54, 1.807) is 13.0 Å². The zero-order valence-electron chi connectivity index (χ0n) is 9.79. The predicted octanol–water partition coefficient (Wildman–Crippen LogP) is 2.74. The number of carbonyl (C=O) groups is 1. The van der Waals surface area contributed by atoms with E-state index >= 15 is 0 Å². The molecule has 0 aromatic heterocycles. The Morgan fingerprint density at radius 2 is 2.29 bits per heavy atom. The summed E-state index contributed by atoms with van der Waals surface area (Å²) in [7, 11) is 0. The van der Waals surface area contributed by atoms with E-state index in [0.717, 1.165) is 16.7 Å². The van der Waals surface area contributed by atoms with Crippen LogP contribution in [0, 0.1) is 6.92 Å². The number of carbonyl (C=O) groups excluding carboxylic acids is 1. The van der Waals surface area contributed by atoms with Crippen molar-refractivity contribution >= 4 is 23.6 Å². The summed E-state index contributed by atoms with van der Waals surface area (Å²) in [5.41, 5.74) is 3.10. The molecule has 1 aromatic rings. The van der Waals surface area contributed by atoms with Crippen LogP contribution < -0.4 is 5.32 Å². The van der Waals surface area contributed by atoms with E-state index in [2.05, 4.69) is 5.32 Å². The van der Waals surface area contributed by atoms with E-state index in [-0.39, 0.29) is 5.97 Å². The van der Waals surface area contributed by atoms with Crippen LogP contribution in [-0.2, 0) is 9.53 Å². The molecule has 0 fully saturated rings. The quantitative estimate of drug-likeness (QED) is 0.499. The van der Waals surface area contributed by atoms with Gasteiger partial charge in [-0.3, -0.25) is 0 Å². The molecule has 0 saturated heterocycles. The van der Waals surface area contributed by atoms with Gasteiger partial charge < -0.3 is 10.1 Å². The molecule has 0 radical (unpaired) electrons. The van der Waals surface area contributed by atoms with Gasteiger partial charge in [0.05, 0.1) is 6.61 Å². The number of esters is 1. The number of hydrogen-bond donors (Lipinski definition) is 1. The lowest BCUT2D eigenvalue weighted by molar-refractivity contribution is -0.138. The Bertz CT molecular complexity index is 482. The molecule has 1 N–H and O–H groups in total. The van der Waals surface area contributed by atoms with E-state index in [1.807, 2.05) is 25.1 Å². The predicted molar refractivity (Wildman–Crippen MR) is 67.5 cm³/mol. The Balaban J connectivity index is 2.40. The highest BCUT2D eigenvalue weighted by Gasteiger charge is 2.23. The average molecular weight is 252 g/mol. The number of fused-ring (bicyclic) bond motifs is 1. The van der Waals surface area contributed by atoms with E-state index in [0.29, 0.717) is 12.3 Å². The third-order valence-corrected chi connectivity index (χ3v) is 3.02. The summed E-state index contributed by atoms with van der Waals surface area (Å²) in [4.78, 5) is 11.6. The smallest absolute Gasteiger partial charge is 0.354 e. The van der Waals surface area contributed by atoms with Crippen molar-refractivity contribution in [3.63, 3.8) is 0 Å². The molecule has 0 amide bonds. The first-order valence-electron chi connectivity index (χ1n) is 5.52. The van der Waals surface area contributed by atoms with Crippen LogP contribution in [0.4, 0.5) is 0 Å². The van der Waals surface area contributed by atoms with Crippen molar-refractivity contribution in [1.82, 2.24) is 5.32 Å². The molecule has 1 atom stereocenters. The van der Waals surface area contributed by atoms with Crippen LogP contribution in [-0.4, -0.2) is 12.6 Å². The van der Waals surface area contributed by atoms with Gasteiger partial charge in [-0.05, 0) is 36.6 Å². The summed E-state index contributed by atoms with van der Waals surface area (Å²) < 4.78 is 4.95. The fourth-order valence-electron chi connectivity index (χ4n) is 1.91. The van der Waals surface area contributed by atoms with Crippen LogP contribution in [0.3, 0.4) is 0 Å². The second kappa shape index (κ2) is 4.80. The van der Waals surface area contributed by atoms with E-state index in [4.69, 9.17) is 16.3 Å². The maximum atomic E-state index is 11.6. The Morgan fingerprint density at radius 3 is 3.00 bits per heavy atom. The van der Waals surface area contributed by atoms with Crippen LogP contribution in [0.2, 0.25) is 0 Å². The first-order valence-corrected chi connectivity index (χ1v) is 5.96. The molecule has 3 nitrogen and oxygen atoms in total. The van der Waals surface area contributed by atoms with Gasteiger partial charge in [0.25, 0.3) is 0 Å². The molecule has 1 aliphatic heterocycles. The minimum absolute atomic E-state index is 0.353. The molecule has 1 aliphatic rings. The van der Waals surface area contributed by atoms with E-state index < -0.39 is 5.50 Å². The number of nitrogens with one attached hydrogen (secondary N) is 1. The van der Waals surface area contributed by atoms with Crippen molar-refractivity contribution in [3.8, 4) is 0 Å². The SMILES string of the molecule is CCOC(=O)C1=Cc2cccc(C)c2C(Cl)N1. The Hall–Kier alpha value is -1.48. The number of benzene rings is 1. The molecule has 0 aliphatic carbocycles. The molecule has 17 heavy (non-hydrogen) atoms. The van der Waals surface area contributed by atoms with Crippen LogP contribution in [0.1, 0.15) is 29.1 Å². The Labute approximate surface area is 105 Å². The van der Waals surface area contributed by atoms with Crippen LogP contribution >= 0.6 is 11.6 Å². The summed E-state index contributed by atoms with van der Waals surface area (Å²) in [6, 6.07) is 5.89. The maximum absolute atomic E-state index is 11.6. The lowest BCUT2D eigenvalue weighted by atomic mass is 9.98. The molecule has 1 aromatic carbocycles. The molecule has 0 spiro atoms. The first-order chi connectivity index (χ1) is 8.13. The third-order valence-electron chi connectivity index (χ3n) is 2.69. The van der Waals surface area contributed by atoms with Gasteiger partial charge in [0.2, 0.25) is 0 Å². The number of halogens is 1. The van der Waals surface area contributed by atoms with Crippen LogP contribution in [0.15, 0.2) is 23.9 Å². The number of ether oxygens (including phenoxy) is 1. The molecule has 2 rings (SSSR count). The summed E-state index contributed by atoms with van der Waals surface area (Å²) in [6.45, 7) is 4.13. The van der Waals surface area contributed by atoms with Crippen molar-refractivity contribution in [1.29, 1.82) is 0 Å². The average Bonchev–Trinajstić information content (AvgIpc) is 2.29. The second-order valence-corrected chi connectivity index (χ2v) is 4.30. The zero-order chi connectivity index (χ0) is 12.4. The lowest BCUT2D eigenvalue weighted by Gasteiger charge is -2.24. The van der Waals surface area contributed by atoms with Crippen molar-refractivity contribution in [2.75, 3.05) is 6.61 Å². The van der Waals surface area contributed by atoms with Gasteiger partial charge in [0.1, 0.15) is 11.2 Å². The highest BCUT2D eigenvalue weighted by atomic mass is 35.5. The minimum atomic E-state index is -0.393. The Kier molecular flexibility index (Phi) is 3.38. The highest BCUT2D eigenvalue weighted by molar-refractivity contribution is 6.21. The normalized spacial score (nSPS) is 17.8. The minimum Gasteiger partial charge on any atom is -0.461 e. The largest absolute Gasteiger partial charge is 0.461 e. The summed E-state index contributed by atoms with van der Waals surface area (Å²) in [5, 5.41) is 2.95. The number of rotatable bonds is 2.